The zero-order valence-electron chi connectivity index (χ0n) is 15.6. The van der Waals surface area contributed by atoms with Gasteiger partial charge in [-0.3, -0.25) is 0 Å². The topological polar surface area (TPSA) is 60.8 Å². The maximum Gasteiger partial charge on any atom is 0.353 e. The number of esters is 1. The molecule has 6 heteroatoms. The van der Waals surface area contributed by atoms with E-state index >= 15 is 0 Å². The number of hydrogen-bond donors (Lipinski definition) is 0. The maximum atomic E-state index is 12.7. The van der Waals surface area contributed by atoms with Crippen LogP contribution in [-0.4, -0.2) is 30.4 Å². The van der Waals surface area contributed by atoms with Gasteiger partial charge in [0.1, 0.15) is 18.1 Å². The predicted octanol–water partition coefficient (Wildman–Crippen LogP) is 4.77. The van der Waals surface area contributed by atoms with Crippen LogP contribution in [0, 0.1) is 5.41 Å². The van der Waals surface area contributed by atoms with Crippen LogP contribution in [0.3, 0.4) is 0 Å². The molecule has 1 atom stereocenters. The third kappa shape index (κ3) is 3.90. The van der Waals surface area contributed by atoms with Crippen molar-refractivity contribution in [2.45, 2.75) is 24.1 Å². The Kier molecular flexibility index (Phi) is 5.65. The van der Waals surface area contributed by atoms with Gasteiger partial charge in [-0.1, -0.05) is 44.3 Å². The van der Waals surface area contributed by atoms with E-state index in [-0.39, 0.29) is 11.9 Å². The van der Waals surface area contributed by atoms with Crippen LogP contribution in [-0.2, 0) is 9.53 Å². The van der Waals surface area contributed by atoms with Crippen LogP contribution < -0.4 is 4.74 Å². The molecule has 3 rings (SSSR count). The molecule has 0 N–H and O–H groups in total. The third-order valence-electron chi connectivity index (χ3n) is 4.42. The van der Waals surface area contributed by atoms with Crippen molar-refractivity contribution in [2.75, 3.05) is 13.7 Å². The normalized spacial score (nSPS) is 17.4. The van der Waals surface area contributed by atoms with E-state index in [0.29, 0.717) is 5.71 Å². The average Bonchev–Trinajstić information content (AvgIpc) is 2.68. The van der Waals surface area contributed by atoms with E-state index in [1.807, 2.05) is 50.2 Å². The highest BCUT2D eigenvalue weighted by Crippen LogP contribution is 2.54. The van der Waals surface area contributed by atoms with E-state index in [9.17, 15) is 4.79 Å². The van der Waals surface area contributed by atoms with Crippen molar-refractivity contribution in [1.82, 2.24) is 4.98 Å². The highest BCUT2D eigenvalue weighted by atomic mass is 32.2. The number of pyridine rings is 1. The Morgan fingerprint density at radius 3 is 2.81 bits per heavy atom. The summed E-state index contributed by atoms with van der Waals surface area (Å²) in [5.74, 6) is 0.331. The van der Waals surface area contributed by atoms with E-state index in [1.54, 1.807) is 31.1 Å². The molecule has 1 aliphatic heterocycles. The summed E-state index contributed by atoms with van der Waals surface area (Å²) in [7, 11) is 1.64. The van der Waals surface area contributed by atoms with Gasteiger partial charge in [0.05, 0.1) is 17.8 Å². The van der Waals surface area contributed by atoms with Crippen molar-refractivity contribution in [2.24, 2.45) is 10.4 Å². The van der Waals surface area contributed by atoms with Crippen LogP contribution in [0.1, 0.15) is 24.7 Å². The van der Waals surface area contributed by atoms with Crippen LogP contribution >= 0.6 is 11.8 Å². The first-order chi connectivity index (χ1) is 13.0. The molecular weight excluding hydrogens is 360 g/mol. The SMILES string of the molecule is C=CCOC(=O)C1=Nc2ccc(OC)cc2C(Sc2ccccn2)C1(C)C. The van der Waals surface area contributed by atoms with Crippen molar-refractivity contribution < 1.29 is 14.3 Å². The largest absolute Gasteiger partial charge is 0.497 e. The van der Waals surface area contributed by atoms with Crippen LogP contribution in [0.2, 0.25) is 0 Å². The molecule has 2 aromatic rings. The highest BCUT2D eigenvalue weighted by Gasteiger charge is 2.44. The Bertz CT molecular complexity index is 878. The van der Waals surface area contributed by atoms with Gasteiger partial charge in [0, 0.05) is 16.9 Å². The van der Waals surface area contributed by atoms with Gasteiger partial charge < -0.3 is 9.47 Å². The van der Waals surface area contributed by atoms with Crippen molar-refractivity contribution >= 4 is 29.1 Å². The van der Waals surface area contributed by atoms with E-state index in [2.05, 4.69) is 16.6 Å². The first-order valence-corrected chi connectivity index (χ1v) is 9.48. The van der Waals surface area contributed by atoms with E-state index < -0.39 is 11.4 Å². The number of benzene rings is 1. The molecular formula is C21H22N2O3S. The highest BCUT2D eigenvalue weighted by molar-refractivity contribution is 7.99. The molecule has 0 radical (unpaired) electrons. The number of ether oxygens (including phenoxy) is 2. The summed E-state index contributed by atoms with van der Waals surface area (Å²) in [6.07, 6.45) is 3.31. The molecule has 0 amide bonds. The van der Waals surface area contributed by atoms with Crippen molar-refractivity contribution in [3.8, 4) is 5.75 Å². The minimum absolute atomic E-state index is 0.0821. The predicted molar refractivity (Wildman–Crippen MR) is 108 cm³/mol. The molecule has 0 saturated carbocycles. The summed E-state index contributed by atoms with van der Waals surface area (Å²) in [6.45, 7) is 7.76. The Hall–Kier alpha value is -2.60. The van der Waals surface area contributed by atoms with Gasteiger partial charge in [-0.2, -0.15) is 0 Å². The molecule has 1 aromatic heterocycles. The first kappa shape index (κ1) is 19.2. The Labute approximate surface area is 163 Å². The molecule has 0 aliphatic carbocycles. The van der Waals surface area contributed by atoms with Crippen LogP contribution in [0.4, 0.5) is 5.69 Å². The quantitative estimate of drug-likeness (QED) is 0.532. The third-order valence-corrected chi connectivity index (χ3v) is 5.98. The van der Waals surface area contributed by atoms with E-state index in [4.69, 9.17) is 9.47 Å². The second-order valence-corrected chi connectivity index (χ2v) is 7.79. The Balaban J connectivity index is 2.08. The zero-order valence-corrected chi connectivity index (χ0v) is 16.5. The summed E-state index contributed by atoms with van der Waals surface area (Å²) >= 11 is 1.60. The second-order valence-electron chi connectivity index (χ2n) is 6.66. The Morgan fingerprint density at radius 2 is 2.15 bits per heavy atom. The molecule has 27 heavy (non-hydrogen) atoms. The van der Waals surface area contributed by atoms with Gasteiger partial charge in [0.15, 0.2) is 0 Å². The van der Waals surface area contributed by atoms with Crippen LogP contribution in [0.15, 0.2) is 65.3 Å². The fourth-order valence-electron chi connectivity index (χ4n) is 3.01. The number of aliphatic imine (C=N–C) groups is 1. The molecule has 0 saturated heterocycles. The first-order valence-electron chi connectivity index (χ1n) is 8.60. The maximum absolute atomic E-state index is 12.7. The molecule has 5 nitrogen and oxygen atoms in total. The lowest BCUT2D eigenvalue weighted by Gasteiger charge is -2.38. The van der Waals surface area contributed by atoms with E-state index in [0.717, 1.165) is 22.0 Å². The summed E-state index contributed by atoms with van der Waals surface area (Å²) < 4.78 is 10.7. The molecule has 1 unspecified atom stereocenters. The lowest BCUT2D eigenvalue weighted by Crippen LogP contribution is -2.39. The molecule has 1 aliphatic rings. The zero-order chi connectivity index (χ0) is 19.4. The Morgan fingerprint density at radius 1 is 1.33 bits per heavy atom. The minimum atomic E-state index is -0.570. The summed E-state index contributed by atoms with van der Waals surface area (Å²) in [5.41, 5.74) is 1.58. The monoisotopic (exact) mass is 382 g/mol. The van der Waals surface area contributed by atoms with Crippen LogP contribution in [0.5, 0.6) is 5.75 Å². The van der Waals surface area contributed by atoms with Gasteiger partial charge in [-0.15, -0.1) is 0 Å². The molecule has 0 fully saturated rings. The van der Waals surface area contributed by atoms with Gasteiger partial charge in [0.25, 0.3) is 0 Å². The number of fused-ring (bicyclic) bond motifs is 1. The number of methoxy groups -OCH3 is 1. The molecule has 0 bridgehead atoms. The standard InChI is InChI=1S/C21H22N2O3S/c1-5-12-26-20(24)18-21(2,3)19(27-17-8-6-7-11-22-17)15-13-14(25-4)9-10-16(15)23-18/h5-11,13,19H,1,12H2,2-4H3. The minimum Gasteiger partial charge on any atom is -0.497 e. The number of hydrogen-bond acceptors (Lipinski definition) is 6. The number of aromatic nitrogens is 1. The van der Waals surface area contributed by atoms with Crippen molar-refractivity contribution in [1.29, 1.82) is 0 Å². The molecule has 1 aromatic carbocycles. The summed E-state index contributed by atoms with van der Waals surface area (Å²) in [4.78, 5) is 21.7. The number of nitrogens with zero attached hydrogens (tertiary/aromatic N) is 2. The van der Waals surface area contributed by atoms with Gasteiger partial charge >= 0.3 is 5.97 Å². The molecule has 140 valence electrons. The van der Waals surface area contributed by atoms with E-state index in [1.165, 1.54) is 0 Å². The fraction of sp³-hybridized carbons (Fsp3) is 0.286. The molecule has 0 spiro atoms. The second kappa shape index (κ2) is 7.96. The van der Waals surface area contributed by atoms with Crippen molar-refractivity contribution in [3.63, 3.8) is 0 Å². The number of rotatable bonds is 6. The van der Waals surface area contributed by atoms with Gasteiger partial charge in [0.2, 0.25) is 0 Å². The van der Waals surface area contributed by atoms with Crippen LogP contribution in [0.25, 0.3) is 0 Å². The van der Waals surface area contributed by atoms with Gasteiger partial charge in [-0.05, 0) is 35.9 Å². The number of carbonyl (C=O) groups excluding carboxylic acids is 1. The van der Waals surface area contributed by atoms with Crippen molar-refractivity contribution in [3.05, 3.63) is 60.8 Å². The average molecular weight is 382 g/mol. The molecule has 2 heterocycles. The fourth-order valence-corrected chi connectivity index (χ4v) is 4.25. The number of thioether (sulfide) groups is 1. The lowest BCUT2D eigenvalue weighted by molar-refractivity contribution is -0.135. The van der Waals surface area contributed by atoms with Gasteiger partial charge in [-0.25, -0.2) is 14.8 Å². The number of carbonyl (C=O) groups is 1. The smallest absolute Gasteiger partial charge is 0.353 e. The summed E-state index contributed by atoms with van der Waals surface area (Å²) in [5, 5.41) is 0.798. The summed E-state index contributed by atoms with van der Waals surface area (Å²) in [6, 6.07) is 11.5. The lowest BCUT2D eigenvalue weighted by atomic mass is 9.77.